The summed E-state index contributed by atoms with van der Waals surface area (Å²) in [7, 11) is 0. The molecule has 0 saturated heterocycles. The van der Waals surface area contributed by atoms with Crippen molar-refractivity contribution in [2.45, 2.75) is 53.1 Å². The molecule has 4 heteroatoms. The van der Waals surface area contributed by atoms with Crippen molar-refractivity contribution < 1.29 is 26.5 Å². The van der Waals surface area contributed by atoms with Crippen LogP contribution in [-0.2, 0) is 16.1 Å². The van der Waals surface area contributed by atoms with Crippen LogP contribution in [0.1, 0.15) is 52.0 Å². The molecule has 0 heterocycles. The average Bonchev–Trinajstić information content (AvgIpc) is 2.47. The molecule has 0 radical (unpaired) electrons. The molecule has 2 atom stereocenters. The summed E-state index contributed by atoms with van der Waals surface area (Å²) in [5.74, 6) is 1.59. The van der Waals surface area contributed by atoms with Crippen molar-refractivity contribution in [3.8, 4) is 0 Å². The normalized spacial score (nSPS) is 12.8. The summed E-state index contributed by atoms with van der Waals surface area (Å²) < 4.78 is 11.0. The van der Waals surface area contributed by atoms with Gasteiger partial charge in [-0.1, -0.05) is 56.5 Å². The predicted octanol–water partition coefficient (Wildman–Crippen LogP) is 1.86. The van der Waals surface area contributed by atoms with E-state index >= 15 is 0 Å². The molecule has 1 rings (SSSR count). The molecule has 0 aliphatic rings. The molecule has 1 aromatic rings. The largest absolute Gasteiger partial charge is 2.00 e. The van der Waals surface area contributed by atoms with Gasteiger partial charge in [-0.2, -0.15) is 13.3 Å². The smallest absolute Gasteiger partial charge is 1.00 e. The zero-order valence-corrected chi connectivity index (χ0v) is 18.0. The van der Waals surface area contributed by atoms with Gasteiger partial charge >= 0.3 is 23.1 Å². The summed E-state index contributed by atoms with van der Waals surface area (Å²) in [6.07, 6.45) is 7.18. The van der Waals surface area contributed by atoms with E-state index in [0.29, 0.717) is 13.4 Å². The van der Waals surface area contributed by atoms with Crippen LogP contribution >= 0.6 is 0 Å². The average molecular weight is 396 g/mol. The van der Waals surface area contributed by atoms with Crippen LogP contribution in [0.15, 0.2) is 30.3 Å². The molecule has 0 aromatic heterocycles. The van der Waals surface area contributed by atoms with Crippen LogP contribution < -0.4 is 17.0 Å². The summed E-state index contributed by atoms with van der Waals surface area (Å²) in [5.41, 5.74) is 1.19. The van der Waals surface area contributed by atoms with E-state index in [9.17, 15) is 0 Å². The van der Waals surface area contributed by atoms with E-state index in [4.69, 9.17) is 9.47 Å². The number of rotatable bonds is 12. The second kappa shape index (κ2) is 17.2. The Kier molecular flexibility index (Phi) is 19.2. The Hall–Kier alpha value is 0.386. The molecule has 0 aliphatic heterocycles. The van der Waals surface area contributed by atoms with Crippen LogP contribution in [0.4, 0.5) is 0 Å². The van der Waals surface area contributed by atoms with Crippen molar-refractivity contribution in [3.63, 3.8) is 0 Å². The van der Waals surface area contributed by atoms with Crippen LogP contribution in [0.2, 0.25) is 0 Å². The summed E-state index contributed by atoms with van der Waals surface area (Å²) >= 11 is 0. The zero-order chi connectivity index (χ0) is 15.3. The Morgan fingerprint density at radius 1 is 1.04 bits per heavy atom. The number of ether oxygens (including phenoxy) is 2. The monoisotopic (exact) mass is 394 g/mol. The van der Waals surface area contributed by atoms with Gasteiger partial charge in [0.25, 0.3) is 0 Å². The van der Waals surface area contributed by atoms with Crippen molar-refractivity contribution in [1.82, 2.24) is 0 Å². The molecule has 23 heavy (non-hydrogen) atoms. The van der Waals surface area contributed by atoms with Gasteiger partial charge in [0.2, 0.25) is 0 Å². The summed E-state index contributed by atoms with van der Waals surface area (Å²) in [6, 6.07) is 10.2. The van der Waals surface area contributed by atoms with Gasteiger partial charge in [-0.15, -0.1) is 0 Å². The molecule has 0 amide bonds. The van der Waals surface area contributed by atoms with E-state index in [2.05, 4.69) is 39.3 Å². The molecule has 128 valence electrons. The van der Waals surface area contributed by atoms with Gasteiger partial charge in [0.15, 0.2) is 0 Å². The molecule has 2 nitrogen and oxygen atoms in total. The van der Waals surface area contributed by atoms with Crippen molar-refractivity contribution in [2.24, 2.45) is 11.8 Å². The number of benzene rings is 1. The van der Waals surface area contributed by atoms with Crippen molar-refractivity contribution in [1.29, 1.82) is 0 Å². The molecule has 0 saturated carbocycles. The summed E-state index contributed by atoms with van der Waals surface area (Å²) in [5, 5.41) is 0. The molecule has 2 unspecified atom stereocenters. The van der Waals surface area contributed by atoms with Gasteiger partial charge in [0.05, 0.1) is 6.61 Å². The fourth-order valence-electron chi connectivity index (χ4n) is 2.69. The first kappa shape index (κ1) is 25.6. The van der Waals surface area contributed by atoms with E-state index in [1.165, 1.54) is 24.8 Å². The fourth-order valence-corrected chi connectivity index (χ4v) is 2.69. The van der Waals surface area contributed by atoms with Crippen LogP contribution in [0.3, 0.4) is 0 Å². The quantitative estimate of drug-likeness (QED) is 0.233. The minimum absolute atomic E-state index is 0. The predicted molar refractivity (Wildman–Crippen MR) is 94.6 cm³/mol. The van der Waals surface area contributed by atoms with Gasteiger partial charge < -0.3 is 32.9 Å². The Morgan fingerprint density at radius 3 is 2.39 bits per heavy atom. The summed E-state index contributed by atoms with van der Waals surface area (Å²) in [6.45, 7) is 8.65. The second-order valence-corrected chi connectivity index (χ2v) is 6.09. The van der Waals surface area contributed by atoms with Crippen LogP contribution in [0, 0.1) is 18.3 Å². The zero-order valence-electron chi connectivity index (χ0n) is 15.0. The van der Waals surface area contributed by atoms with E-state index in [0.717, 1.165) is 24.9 Å². The minimum atomic E-state index is 0. The van der Waals surface area contributed by atoms with Crippen molar-refractivity contribution >= 4 is 23.1 Å². The molecular formula is C19H31BrMgO2. The fraction of sp³-hybridized carbons (Fsp3) is 0.632. The Labute approximate surface area is 169 Å². The first-order chi connectivity index (χ1) is 10.2. The van der Waals surface area contributed by atoms with E-state index < -0.39 is 0 Å². The third kappa shape index (κ3) is 14.4. The third-order valence-corrected chi connectivity index (χ3v) is 3.71. The minimum Gasteiger partial charge on any atom is -1.00 e. The first-order valence-corrected chi connectivity index (χ1v) is 8.19. The van der Waals surface area contributed by atoms with E-state index in [1.807, 2.05) is 18.2 Å². The summed E-state index contributed by atoms with van der Waals surface area (Å²) in [4.78, 5) is 0. The SMILES string of the molecule is C[CH-]CC(C)CC(C)CCCOCOCc1ccccc1.[Br-].[Mg+2]. The second-order valence-electron chi connectivity index (χ2n) is 6.09. The molecule has 0 bridgehead atoms. The third-order valence-electron chi connectivity index (χ3n) is 3.71. The van der Waals surface area contributed by atoms with Crippen LogP contribution in [-0.4, -0.2) is 36.5 Å². The number of halogens is 1. The van der Waals surface area contributed by atoms with Gasteiger partial charge in [-0.25, -0.2) is 0 Å². The molecule has 0 N–H and O–H groups in total. The van der Waals surface area contributed by atoms with E-state index in [1.54, 1.807) is 0 Å². The Morgan fingerprint density at radius 2 is 1.74 bits per heavy atom. The van der Waals surface area contributed by atoms with Crippen LogP contribution in [0.5, 0.6) is 0 Å². The van der Waals surface area contributed by atoms with Gasteiger partial charge in [-0.05, 0) is 24.3 Å². The van der Waals surface area contributed by atoms with Gasteiger partial charge in [0, 0.05) is 6.61 Å². The molecule has 0 fully saturated rings. The van der Waals surface area contributed by atoms with Gasteiger partial charge in [0.1, 0.15) is 6.79 Å². The maximum atomic E-state index is 5.53. The maximum absolute atomic E-state index is 5.53. The Bertz CT molecular complexity index is 348. The van der Waals surface area contributed by atoms with E-state index in [-0.39, 0.29) is 40.0 Å². The number of hydrogen-bond acceptors (Lipinski definition) is 2. The standard InChI is InChI=1S/C19H31O2.BrH.Mg/c1-4-9-17(2)14-18(3)10-8-13-20-16-21-15-19-11-6-5-7-12-19;;/h4-7,11-12,17-18H,8-10,13-16H2,1-3H3;1H;/q-1;;+2/p-1. The molecule has 0 aliphatic carbocycles. The topological polar surface area (TPSA) is 18.5 Å². The molecular weight excluding hydrogens is 364 g/mol. The maximum Gasteiger partial charge on any atom is 2.00 e. The van der Waals surface area contributed by atoms with Crippen molar-refractivity contribution in [3.05, 3.63) is 42.3 Å². The molecule has 0 spiro atoms. The number of hydrogen-bond donors (Lipinski definition) is 0. The first-order valence-electron chi connectivity index (χ1n) is 8.19. The molecule has 1 aromatic carbocycles. The van der Waals surface area contributed by atoms with Gasteiger partial charge in [-0.3, -0.25) is 0 Å². The van der Waals surface area contributed by atoms with Crippen molar-refractivity contribution in [2.75, 3.05) is 13.4 Å². The van der Waals surface area contributed by atoms with Crippen LogP contribution in [0.25, 0.3) is 0 Å². The Balaban J connectivity index is 0.